The number of fused-ring (bicyclic) bond motifs is 1. The summed E-state index contributed by atoms with van der Waals surface area (Å²) in [5.41, 5.74) is 1.49. The van der Waals surface area contributed by atoms with Crippen LogP contribution in [-0.2, 0) is 17.9 Å². The summed E-state index contributed by atoms with van der Waals surface area (Å²) >= 11 is 1.28. The van der Waals surface area contributed by atoms with E-state index in [4.69, 9.17) is 14.2 Å². The molecule has 0 radical (unpaired) electrons. The number of methoxy groups -OCH3 is 3. The number of halogens is 1. The summed E-state index contributed by atoms with van der Waals surface area (Å²) in [6, 6.07) is 10.4. The van der Waals surface area contributed by atoms with Gasteiger partial charge in [0, 0.05) is 36.4 Å². The number of carbonyl (C=O) groups excluding carboxylic acids is 1. The van der Waals surface area contributed by atoms with Crippen molar-refractivity contribution in [1.82, 2.24) is 4.90 Å². The number of hydrogen-bond acceptors (Lipinski definition) is 5. The molecule has 0 N–H and O–H groups in total. The fraction of sp³-hybridized carbons (Fsp3) is 0.286. The number of benzene rings is 2. The molecule has 1 amide bonds. The highest BCUT2D eigenvalue weighted by Gasteiger charge is 2.23. The molecule has 0 aliphatic rings. The molecule has 0 aliphatic carbocycles. The summed E-state index contributed by atoms with van der Waals surface area (Å²) in [5.74, 6) is 0.706. The molecule has 3 rings (SSSR count). The lowest BCUT2D eigenvalue weighted by atomic mass is 10.1. The average Bonchev–Trinajstić information content (AvgIpc) is 3.07. The summed E-state index contributed by atoms with van der Waals surface area (Å²) in [5, 5.41) is 0.456. The molecule has 0 bridgehead atoms. The summed E-state index contributed by atoms with van der Waals surface area (Å²) in [7, 11) is 6.40. The lowest BCUT2D eigenvalue weighted by Gasteiger charge is -2.18. The lowest BCUT2D eigenvalue weighted by Crippen LogP contribution is -2.26. The molecule has 1 aromatic heterocycles. The van der Waals surface area contributed by atoms with Crippen LogP contribution in [0.3, 0.4) is 0 Å². The van der Waals surface area contributed by atoms with E-state index >= 15 is 0 Å². The highest BCUT2D eigenvalue weighted by Crippen LogP contribution is 2.35. The quantitative estimate of drug-likeness (QED) is 0.584. The normalized spacial score (nSPS) is 10.9. The van der Waals surface area contributed by atoms with Gasteiger partial charge in [-0.2, -0.15) is 0 Å². The molecule has 0 aliphatic heterocycles. The van der Waals surface area contributed by atoms with Crippen LogP contribution in [0.1, 0.15) is 20.8 Å². The molecule has 0 saturated heterocycles. The van der Waals surface area contributed by atoms with E-state index in [0.29, 0.717) is 33.9 Å². The van der Waals surface area contributed by atoms with Crippen LogP contribution < -0.4 is 9.47 Å². The molecule has 1 heterocycles. The van der Waals surface area contributed by atoms with Crippen molar-refractivity contribution in [3.63, 3.8) is 0 Å². The van der Waals surface area contributed by atoms with E-state index in [1.165, 1.54) is 24.5 Å². The molecule has 3 aromatic rings. The Morgan fingerprint density at radius 3 is 2.54 bits per heavy atom. The monoisotopic (exact) mass is 403 g/mol. The maximum atomic E-state index is 14.4. The average molecular weight is 403 g/mol. The van der Waals surface area contributed by atoms with Gasteiger partial charge < -0.3 is 19.1 Å². The van der Waals surface area contributed by atoms with Crippen molar-refractivity contribution in [3.8, 4) is 11.5 Å². The fourth-order valence-electron chi connectivity index (χ4n) is 3.12. The van der Waals surface area contributed by atoms with Crippen LogP contribution >= 0.6 is 11.3 Å². The Morgan fingerprint density at radius 1 is 1.11 bits per heavy atom. The molecule has 0 saturated carbocycles. The largest absolute Gasteiger partial charge is 0.493 e. The third-order valence-corrected chi connectivity index (χ3v) is 5.65. The van der Waals surface area contributed by atoms with Crippen LogP contribution in [0.4, 0.5) is 4.39 Å². The zero-order valence-corrected chi connectivity index (χ0v) is 17.1. The Hall–Kier alpha value is -2.64. The second-order valence-electron chi connectivity index (χ2n) is 6.31. The number of hydrogen-bond donors (Lipinski definition) is 0. The van der Waals surface area contributed by atoms with Gasteiger partial charge in [-0.25, -0.2) is 4.39 Å². The second-order valence-corrected chi connectivity index (χ2v) is 7.36. The molecule has 0 atom stereocenters. The minimum absolute atomic E-state index is 0.173. The van der Waals surface area contributed by atoms with E-state index in [0.717, 1.165) is 10.3 Å². The molecule has 2 aromatic carbocycles. The second kappa shape index (κ2) is 8.58. The van der Waals surface area contributed by atoms with Gasteiger partial charge in [0.1, 0.15) is 5.82 Å². The molecule has 0 spiro atoms. The molecule has 28 heavy (non-hydrogen) atoms. The number of ether oxygens (including phenoxy) is 3. The summed E-state index contributed by atoms with van der Waals surface area (Å²) < 4.78 is 30.9. The summed E-state index contributed by atoms with van der Waals surface area (Å²) in [4.78, 5) is 15.2. The molecule has 0 fully saturated rings. The van der Waals surface area contributed by atoms with Crippen molar-refractivity contribution >= 4 is 27.3 Å². The number of thiophene rings is 1. The van der Waals surface area contributed by atoms with Gasteiger partial charge in [-0.15, -0.1) is 11.3 Å². The Labute approximate surface area is 167 Å². The van der Waals surface area contributed by atoms with Crippen molar-refractivity contribution in [2.75, 3.05) is 28.4 Å². The Balaban J connectivity index is 1.91. The standard InChI is InChI=1S/C21H22FNO4S/c1-23(11-13-8-9-16(26-3)17(10-13)27-4)21(24)20-14(12-25-2)19-15(22)6-5-7-18(19)28-20/h5-10H,11-12H2,1-4H3. The highest BCUT2D eigenvalue weighted by molar-refractivity contribution is 7.21. The van der Waals surface area contributed by atoms with Crippen LogP contribution in [0.2, 0.25) is 0 Å². The van der Waals surface area contributed by atoms with Gasteiger partial charge in [-0.3, -0.25) is 4.79 Å². The van der Waals surface area contributed by atoms with Crippen LogP contribution in [0.15, 0.2) is 36.4 Å². The van der Waals surface area contributed by atoms with E-state index < -0.39 is 0 Å². The maximum Gasteiger partial charge on any atom is 0.264 e. The van der Waals surface area contributed by atoms with Crippen molar-refractivity contribution in [3.05, 3.63) is 58.2 Å². The van der Waals surface area contributed by atoms with Crippen LogP contribution in [-0.4, -0.2) is 39.2 Å². The molecule has 0 unspecified atom stereocenters. The topological polar surface area (TPSA) is 48.0 Å². The number of nitrogens with zero attached hydrogens (tertiary/aromatic N) is 1. The molecule has 7 heteroatoms. The van der Waals surface area contributed by atoms with Crippen molar-refractivity contribution < 1.29 is 23.4 Å². The van der Waals surface area contributed by atoms with Gasteiger partial charge in [0.25, 0.3) is 5.91 Å². The molecule has 5 nitrogen and oxygen atoms in total. The molecular formula is C21H22FNO4S. The molecule has 148 valence electrons. The van der Waals surface area contributed by atoms with Gasteiger partial charge in [-0.1, -0.05) is 12.1 Å². The van der Waals surface area contributed by atoms with E-state index in [2.05, 4.69) is 0 Å². The van der Waals surface area contributed by atoms with Crippen LogP contribution in [0, 0.1) is 5.82 Å². The zero-order chi connectivity index (χ0) is 20.3. The first-order valence-electron chi connectivity index (χ1n) is 8.65. The number of rotatable bonds is 7. The van der Waals surface area contributed by atoms with Gasteiger partial charge >= 0.3 is 0 Å². The minimum atomic E-state index is -0.345. The number of amides is 1. The van der Waals surface area contributed by atoms with Crippen molar-refractivity contribution in [2.45, 2.75) is 13.2 Å². The first-order valence-corrected chi connectivity index (χ1v) is 9.47. The highest BCUT2D eigenvalue weighted by atomic mass is 32.1. The lowest BCUT2D eigenvalue weighted by molar-refractivity contribution is 0.0785. The van der Waals surface area contributed by atoms with Gasteiger partial charge in [0.15, 0.2) is 11.5 Å². The predicted octanol–water partition coefficient (Wildman–Crippen LogP) is 4.48. The maximum absolute atomic E-state index is 14.4. The first kappa shape index (κ1) is 20.1. The van der Waals surface area contributed by atoms with E-state index in [9.17, 15) is 9.18 Å². The third kappa shape index (κ3) is 3.81. The number of carbonyl (C=O) groups is 1. The van der Waals surface area contributed by atoms with Gasteiger partial charge in [0.2, 0.25) is 0 Å². The van der Waals surface area contributed by atoms with E-state index in [-0.39, 0.29) is 18.3 Å². The minimum Gasteiger partial charge on any atom is -0.493 e. The predicted molar refractivity (Wildman–Crippen MR) is 108 cm³/mol. The summed E-state index contributed by atoms with van der Waals surface area (Å²) in [6.45, 7) is 0.550. The van der Waals surface area contributed by atoms with Gasteiger partial charge in [-0.05, 0) is 29.8 Å². The van der Waals surface area contributed by atoms with Crippen LogP contribution in [0.5, 0.6) is 11.5 Å². The Bertz CT molecular complexity index is 1000. The molecular weight excluding hydrogens is 381 g/mol. The van der Waals surface area contributed by atoms with Crippen LogP contribution in [0.25, 0.3) is 10.1 Å². The zero-order valence-electron chi connectivity index (χ0n) is 16.2. The van der Waals surface area contributed by atoms with Crippen molar-refractivity contribution in [1.29, 1.82) is 0 Å². The first-order chi connectivity index (χ1) is 13.5. The summed E-state index contributed by atoms with van der Waals surface area (Å²) in [6.07, 6.45) is 0. The van der Waals surface area contributed by atoms with E-state index in [1.54, 1.807) is 38.3 Å². The fourth-order valence-corrected chi connectivity index (χ4v) is 4.34. The van der Waals surface area contributed by atoms with Gasteiger partial charge in [0.05, 0.1) is 25.7 Å². The Morgan fingerprint density at radius 2 is 1.86 bits per heavy atom. The SMILES string of the molecule is COCc1c(C(=O)N(C)Cc2ccc(OC)c(OC)c2)sc2cccc(F)c12. The Kier molecular flexibility index (Phi) is 6.16. The third-order valence-electron chi connectivity index (χ3n) is 4.46. The van der Waals surface area contributed by atoms with E-state index in [1.807, 2.05) is 18.2 Å². The smallest absolute Gasteiger partial charge is 0.264 e. The van der Waals surface area contributed by atoms with Crippen molar-refractivity contribution in [2.24, 2.45) is 0 Å².